The molecule has 72 valence electrons. The van der Waals surface area contributed by atoms with E-state index in [9.17, 15) is 4.39 Å². The van der Waals surface area contributed by atoms with E-state index in [2.05, 4.69) is 19.6 Å². The van der Waals surface area contributed by atoms with Gasteiger partial charge in [0, 0.05) is 0 Å². The lowest BCUT2D eigenvalue weighted by atomic mass is 9.97. The Morgan fingerprint density at radius 1 is 1.31 bits per heavy atom. The molecule has 1 atom stereocenters. The lowest BCUT2D eigenvalue weighted by Gasteiger charge is -2.10. The van der Waals surface area contributed by atoms with Gasteiger partial charge in [-0.1, -0.05) is 19.1 Å². The standard InChI is InChI=1S/C11H15FS/c1-9(3-2-8-13)10-4-6-11(12)7-5-10/h4-7,9,13H,2-3,8H2,1H3. The zero-order chi connectivity index (χ0) is 9.68. The van der Waals surface area contributed by atoms with Crippen molar-refractivity contribution in [3.63, 3.8) is 0 Å². The molecule has 0 saturated carbocycles. The van der Waals surface area contributed by atoms with Crippen LogP contribution in [0.3, 0.4) is 0 Å². The molecule has 0 aromatic heterocycles. The molecule has 0 aliphatic heterocycles. The van der Waals surface area contributed by atoms with Crippen LogP contribution in [0.5, 0.6) is 0 Å². The summed E-state index contributed by atoms with van der Waals surface area (Å²) in [6.45, 7) is 2.16. The number of benzene rings is 1. The van der Waals surface area contributed by atoms with Crippen molar-refractivity contribution >= 4 is 12.6 Å². The molecule has 0 heterocycles. The Hall–Kier alpha value is -0.500. The van der Waals surface area contributed by atoms with Crippen LogP contribution in [0.4, 0.5) is 4.39 Å². The van der Waals surface area contributed by atoms with Gasteiger partial charge in [-0.3, -0.25) is 0 Å². The molecule has 0 aliphatic carbocycles. The van der Waals surface area contributed by atoms with Crippen LogP contribution in [0.1, 0.15) is 31.2 Å². The van der Waals surface area contributed by atoms with E-state index in [0.717, 1.165) is 18.6 Å². The second-order valence-corrected chi connectivity index (χ2v) is 3.77. The summed E-state index contributed by atoms with van der Waals surface area (Å²) in [6, 6.07) is 6.76. The molecule has 1 aromatic rings. The molecular formula is C11H15FS. The number of thiol groups is 1. The van der Waals surface area contributed by atoms with Gasteiger partial charge >= 0.3 is 0 Å². The first-order valence-electron chi connectivity index (χ1n) is 4.60. The molecule has 0 saturated heterocycles. The van der Waals surface area contributed by atoms with E-state index in [1.165, 1.54) is 17.7 Å². The van der Waals surface area contributed by atoms with Gasteiger partial charge in [0.05, 0.1) is 0 Å². The highest BCUT2D eigenvalue weighted by atomic mass is 32.1. The predicted molar refractivity (Wildman–Crippen MR) is 57.9 cm³/mol. The first-order chi connectivity index (χ1) is 6.24. The molecule has 0 spiro atoms. The first kappa shape index (κ1) is 10.6. The second kappa shape index (κ2) is 5.28. The Balaban J connectivity index is 2.55. The van der Waals surface area contributed by atoms with Crippen LogP contribution in [0, 0.1) is 5.82 Å². The highest BCUT2D eigenvalue weighted by Gasteiger charge is 2.04. The molecule has 0 aliphatic rings. The van der Waals surface area contributed by atoms with Crippen LogP contribution >= 0.6 is 12.6 Å². The van der Waals surface area contributed by atoms with Gasteiger partial charge in [-0.05, 0) is 42.2 Å². The fourth-order valence-electron chi connectivity index (χ4n) is 1.36. The number of halogens is 1. The van der Waals surface area contributed by atoms with Crippen LogP contribution in [0.15, 0.2) is 24.3 Å². The second-order valence-electron chi connectivity index (χ2n) is 3.32. The van der Waals surface area contributed by atoms with Crippen molar-refractivity contribution in [2.45, 2.75) is 25.7 Å². The predicted octanol–water partition coefficient (Wildman–Crippen LogP) is 3.64. The number of hydrogen-bond acceptors (Lipinski definition) is 1. The molecule has 0 amide bonds. The van der Waals surface area contributed by atoms with Gasteiger partial charge in [0.2, 0.25) is 0 Å². The largest absolute Gasteiger partial charge is 0.207 e. The van der Waals surface area contributed by atoms with E-state index in [1.807, 2.05) is 12.1 Å². The number of rotatable bonds is 4. The Bertz CT molecular complexity index is 243. The lowest BCUT2D eigenvalue weighted by Crippen LogP contribution is -1.94. The maximum absolute atomic E-state index is 12.6. The summed E-state index contributed by atoms with van der Waals surface area (Å²) in [6.07, 6.45) is 2.23. The van der Waals surface area contributed by atoms with Crippen LogP contribution in [-0.4, -0.2) is 5.75 Å². The minimum Gasteiger partial charge on any atom is -0.207 e. The average Bonchev–Trinajstić information content (AvgIpc) is 2.15. The van der Waals surface area contributed by atoms with Gasteiger partial charge in [-0.2, -0.15) is 12.6 Å². The fraction of sp³-hybridized carbons (Fsp3) is 0.455. The van der Waals surface area contributed by atoms with E-state index in [-0.39, 0.29) is 5.82 Å². The third-order valence-corrected chi connectivity index (χ3v) is 2.55. The van der Waals surface area contributed by atoms with Crippen molar-refractivity contribution < 1.29 is 4.39 Å². The summed E-state index contributed by atoms with van der Waals surface area (Å²) in [7, 11) is 0. The zero-order valence-electron chi connectivity index (χ0n) is 7.83. The SMILES string of the molecule is CC(CCCS)c1ccc(F)cc1. The topological polar surface area (TPSA) is 0 Å². The van der Waals surface area contributed by atoms with Crippen LogP contribution in [0.2, 0.25) is 0 Å². The fourth-order valence-corrected chi connectivity index (χ4v) is 1.54. The Morgan fingerprint density at radius 2 is 1.92 bits per heavy atom. The van der Waals surface area contributed by atoms with E-state index < -0.39 is 0 Å². The van der Waals surface area contributed by atoms with Crippen molar-refractivity contribution in [2.24, 2.45) is 0 Å². The molecule has 0 nitrogen and oxygen atoms in total. The van der Waals surface area contributed by atoms with Crippen molar-refractivity contribution in [1.29, 1.82) is 0 Å². The molecule has 1 rings (SSSR count). The molecule has 13 heavy (non-hydrogen) atoms. The van der Waals surface area contributed by atoms with Gasteiger partial charge in [-0.25, -0.2) is 4.39 Å². The normalized spacial score (nSPS) is 12.8. The summed E-state index contributed by atoms with van der Waals surface area (Å²) in [5.41, 5.74) is 1.21. The van der Waals surface area contributed by atoms with E-state index >= 15 is 0 Å². The average molecular weight is 198 g/mol. The molecule has 0 radical (unpaired) electrons. The highest BCUT2D eigenvalue weighted by molar-refractivity contribution is 7.80. The molecule has 0 bridgehead atoms. The summed E-state index contributed by atoms with van der Waals surface area (Å²) < 4.78 is 12.6. The maximum Gasteiger partial charge on any atom is 0.123 e. The molecule has 1 aromatic carbocycles. The molecule has 0 fully saturated rings. The van der Waals surface area contributed by atoms with Gasteiger partial charge < -0.3 is 0 Å². The van der Waals surface area contributed by atoms with Gasteiger partial charge in [0.15, 0.2) is 0 Å². The van der Waals surface area contributed by atoms with E-state index in [4.69, 9.17) is 0 Å². The van der Waals surface area contributed by atoms with E-state index in [1.54, 1.807) is 0 Å². The minimum atomic E-state index is -0.162. The minimum absolute atomic E-state index is 0.162. The summed E-state index contributed by atoms with van der Waals surface area (Å²) in [5, 5.41) is 0. The smallest absolute Gasteiger partial charge is 0.123 e. The monoisotopic (exact) mass is 198 g/mol. The molecular weight excluding hydrogens is 183 g/mol. The Morgan fingerprint density at radius 3 is 2.46 bits per heavy atom. The first-order valence-corrected chi connectivity index (χ1v) is 5.23. The van der Waals surface area contributed by atoms with Crippen molar-refractivity contribution in [3.05, 3.63) is 35.6 Å². The Kier molecular flexibility index (Phi) is 4.29. The van der Waals surface area contributed by atoms with Crippen LogP contribution < -0.4 is 0 Å². The van der Waals surface area contributed by atoms with Gasteiger partial charge in [-0.15, -0.1) is 0 Å². The third kappa shape index (κ3) is 3.39. The Labute approximate surface area is 84.6 Å². The quantitative estimate of drug-likeness (QED) is 0.702. The molecule has 1 unspecified atom stereocenters. The van der Waals surface area contributed by atoms with Gasteiger partial charge in [0.25, 0.3) is 0 Å². The summed E-state index contributed by atoms with van der Waals surface area (Å²) >= 11 is 4.16. The highest BCUT2D eigenvalue weighted by Crippen LogP contribution is 2.20. The third-order valence-electron chi connectivity index (χ3n) is 2.23. The summed E-state index contributed by atoms with van der Waals surface area (Å²) in [4.78, 5) is 0. The molecule has 0 N–H and O–H groups in total. The lowest BCUT2D eigenvalue weighted by molar-refractivity contribution is 0.622. The van der Waals surface area contributed by atoms with Gasteiger partial charge in [0.1, 0.15) is 5.82 Å². The van der Waals surface area contributed by atoms with Crippen molar-refractivity contribution in [2.75, 3.05) is 5.75 Å². The van der Waals surface area contributed by atoms with Crippen LogP contribution in [0.25, 0.3) is 0 Å². The van der Waals surface area contributed by atoms with Crippen molar-refractivity contribution in [1.82, 2.24) is 0 Å². The van der Waals surface area contributed by atoms with E-state index in [0.29, 0.717) is 5.92 Å². The molecule has 2 heteroatoms. The zero-order valence-corrected chi connectivity index (χ0v) is 8.73. The van der Waals surface area contributed by atoms with Crippen LogP contribution in [-0.2, 0) is 0 Å². The maximum atomic E-state index is 12.6. The number of hydrogen-bond donors (Lipinski definition) is 1. The van der Waals surface area contributed by atoms with Crippen molar-refractivity contribution in [3.8, 4) is 0 Å². The summed E-state index contributed by atoms with van der Waals surface area (Å²) in [5.74, 6) is 1.27.